The first-order chi connectivity index (χ1) is 17.7. The van der Waals surface area contributed by atoms with Crippen LogP contribution >= 0.6 is 0 Å². The van der Waals surface area contributed by atoms with Crippen molar-refractivity contribution >= 4 is 27.8 Å². The SMILES string of the molecule is Cc1cc(C)cc(-n2c(C)cc(/C=N\NC(=O)CN(c3cccnc3)S(=O)(=O)c3ccccc3)c2C)c1. The molecule has 190 valence electrons. The van der Waals surface area contributed by atoms with E-state index in [1.807, 2.05) is 19.9 Å². The van der Waals surface area contributed by atoms with E-state index in [2.05, 4.69) is 52.1 Å². The summed E-state index contributed by atoms with van der Waals surface area (Å²) in [6, 6.07) is 19.5. The summed E-state index contributed by atoms with van der Waals surface area (Å²) in [6.45, 7) is 7.68. The number of rotatable bonds is 8. The van der Waals surface area contributed by atoms with E-state index < -0.39 is 22.5 Å². The van der Waals surface area contributed by atoms with Gasteiger partial charge in [-0.1, -0.05) is 24.3 Å². The molecule has 2 heterocycles. The number of anilines is 1. The lowest BCUT2D eigenvalue weighted by Gasteiger charge is -2.23. The molecule has 4 aromatic rings. The van der Waals surface area contributed by atoms with Crippen LogP contribution in [0.15, 0.2) is 89.1 Å². The minimum absolute atomic E-state index is 0.0778. The Morgan fingerprint density at radius 3 is 2.35 bits per heavy atom. The van der Waals surface area contributed by atoms with Gasteiger partial charge in [-0.25, -0.2) is 13.8 Å². The molecular weight excluding hydrogens is 486 g/mol. The van der Waals surface area contributed by atoms with E-state index in [1.54, 1.807) is 36.5 Å². The summed E-state index contributed by atoms with van der Waals surface area (Å²) >= 11 is 0. The maximum absolute atomic E-state index is 13.3. The Labute approximate surface area is 217 Å². The van der Waals surface area contributed by atoms with Crippen molar-refractivity contribution in [3.63, 3.8) is 0 Å². The van der Waals surface area contributed by atoms with Crippen LogP contribution in [0, 0.1) is 27.7 Å². The number of pyridine rings is 1. The summed E-state index contributed by atoms with van der Waals surface area (Å²) in [5, 5.41) is 4.11. The zero-order chi connectivity index (χ0) is 26.6. The molecule has 0 bridgehead atoms. The second kappa shape index (κ2) is 10.8. The Morgan fingerprint density at radius 1 is 1.00 bits per heavy atom. The van der Waals surface area contributed by atoms with Crippen LogP contribution in [-0.4, -0.2) is 36.6 Å². The van der Waals surface area contributed by atoms with E-state index in [-0.39, 0.29) is 10.6 Å². The van der Waals surface area contributed by atoms with Crippen LogP contribution < -0.4 is 9.73 Å². The third-order valence-corrected chi connectivity index (χ3v) is 7.67. The molecule has 8 nitrogen and oxygen atoms in total. The number of benzene rings is 2. The fourth-order valence-electron chi connectivity index (χ4n) is 4.27. The molecule has 0 radical (unpaired) electrons. The molecule has 4 rings (SSSR count). The highest BCUT2D eigenvalue weighted by molar-refractivity contribution is 7.92. The molecule has 9 heteroatoms. The van der Waals surface area contributed by atoms with Gasteiger partial charge in [0, 0.05) is 28.8 Å². The molecule has 0 spiro atoms. The Bertz CT molecular complexity index is 1530. The summed E-state index contributed by atoms with van der Waals surface area (Å²) in [5.41, 5.74) is 9.01. The van der Waals surface area contributed by atoms with Crippen molar-refractivity contribution < 1.29 is 13.2 Å². The van der Waals surface area contributed by atoms with Crippen molar-refractivity contribution in [1.29, 1.82) is 0 Å². The maximum atomic E-state index is 13.3. The first-order valence-corrected chi connectivity index (χ1v) is 13.2. The van der Waals surface area contributed by atoms with E-state index >= 15 is 0 Å². The molecule has 37 heavy (non-hydrogen) atoms. The maximum Gasteiger partial charge on any atom is 0.264 e. The standard InChI is InChI=1S/C28H29N5O3S/c1-20-13-21(2)15-26(14-20)33-22(3)16-24(23(33)4)17-30-31-28(34)19-32(25-9-8-12-29-18-25)37(35,36)27-10-6-5-7-11-27/h5-18H,19H2,1-4H3,(H,31,34)/b30-17-. The van der Waals surface area contributed by atoms with Gasteiger partial charge in [-0.2, -0.15) is 5.10 Å². The number of nitrogens with zero attached hydrogens (tertiary/aromatic N) is 4. The lowest BCUT2D eigenvalue weighted by Crippen LogP contribution is -2.39. The highest BCUT2D eigenvalue weighted by atomic mass is 32.2. The first-order valence-electron chi connectivity index (χ1n) is 11.7. The second-order valence-corrected chi connectivity index (χ2v) is 10.7. The van der Waals surface area contributed by atoms with Gasteiger partial charge in [0.25, 0.3) is 15.9 Å². The number of carbonyl (C=O) groups excluding carboxylic acids is 1. The number of nitrogens with one attached hydrogen (secondary N) is 1. The quantitative estimate of drug-likeness (QED) is 0.277. The number of sulfonamides is 1. The van der Waals surface area contributed by atoms with Crippen molar-refractivity contribution in [2.24, 2.45) is 5.10 Å². The molecule has 0 atom stereocenters. The monoisotopic (exact) mass is 515 g/mol. The summed E-state index contributed by atoms with van der Waals surface area (Å²) < 4.78 is 29.8. The van der Waals surface area contributed by atoms with Crippen molar-refractivity contribution in [1.82, 2.24) is 15.0 Å². The molecule has 0 saturated heterocycles. The average molecular weight is 516 g/mol. The lowest BCUT2D eigenvalue weighted by molar-refractivity contribution is -0.119. The Balaban J connectivity index is 1.54. The predicted molar refractivity (Wildman–Crippen MR) is 146 cm³/mol. The molecule has 0 aliphatic heterocycles. The zero-order valence-electron chi connectivity index (χ0n) is 21.2. The molecule has 0 saturated carbocycles. The van der Waals surface area contributed by atoms with Gasteiger partial charge in [-0.15, -0.1) is 0 Å². The Morgan fingerprint density at radius 2 is 1.70 bits per heavy atom. The van der Waals surface area contributed by atoms with Crippen LogP contribution in [0.4, 0.5) is 5.69 Å². The van der Waals surface area contributed by atoms with E-state index in [1.165, 1.54) is 35.7 Å². The molecule has 0 fully saturated rings. The smallest absolute Gasteiger partial charge is 0.264 e. The van der Waals surface area contributed by atoms with Crippen LogP contribution in [0.3, 0.4) is 0 Å². The first kappa shape index (κ1) is 25.8. The number of hydrogen-bond donors (Lipinski definition) is 1. The summed E-state index contributed by atoms with van der Waals surface area (Å²) in [5.74, 6) is -0.581. The van der Waals surface area contributed by atoms with Gasteiger partial charge in [0.15, 0.2) is 0 Å². The van der Waals surface area contributed by atoms with E-state index in [0.29, 0.717) is 0 Å². The van der Waals surface area contributed by atoms with Crippen LogP contribution in [0.1, 0.15) is 28.1 Å². The van der Waals surface area contributed by atoms with E-state index in [4.69, 9.17) is 0 Å². The lowest BCUT2D eigenvalue weighted by atomic mass is 10.1. The van der Waals surface area contributed by atoms with Crippen LogP contribution in [-0.2, 0) is 14.8 Å². The van der Waals surface area contributed by atoms with Crippen molar-refractivity contribution in [3.05, 3.63) is 107 Å². The van der Waals surface area contributed by atoms with Crippen LogP contribution in [0.5, 0.6) is 0 Å². The van der Waals surface area contributed by atoms with Gasteiger partial charge in [-0.05, 0) is 81.3 Å². The third-order valence-electron chi connectivity index (χ3n) is 5.88. The van der Waals surface area contributed by atoms with Gasteiger partial charge in [0.05, 0.1) is 23.0 Å². The molecule has 1 N–H and O–H groups in total. The number of hydrogen-bond acceptors (Lipinski definition) is 5. The summed E-state index contributed by atoms with van der Waals surface area (Å²) in [4.78, 5) is 16.9. The number of aromatic nitrogens is 2. The zero-order valence-corrected chi connectivity index (χ0v) is 22.0. The Kier molecular flexibility index (Phi) is 7.54. The number of carbonyl (C=O) groups is 1. The topological polar surface area (TPSA) is 96.7 Å². The van der Waals surface area contributed by atoms with Crippen LogP contribution in [0.2, 0.25) is 0 Å². The molecular formula is C28H29N5O3S. The van der Waals surface area contributed by atoms with Gasteiger partial charge in [-0.3, -0.25) is 14.1 Å². The normalized spacial score (nSPS) is 11.6. The van der Waals surface area contributed by atoms with E-state index in [9.17, 15) is 13.2 Å². The molecule has 0 unspecified atom stereocenters. The molecule has 0 aliphatic rings. The van der Waals surface area contributed by atoms with Gasteiger partial charge in [0.2, 0.25) is 0 Å². The van der Waals surface area contributed by atoms with Crippen molar-refractivity contribution in [2.45, 2.75) is 32.6 Å². The Hall–Kier alpha value is -4.24. The molecule has 2 aromatic heterocycles. The fourth-order valence-corrected chi connectivity index (χ4v) is 5.70. The van der Waals surface area contributed by atoms with E-state index in [0.717, 1.165) is 26.9 Å². The number of amides is 1. The van der Waals surface area contributed by atoms with Crippen molar-refractivity contribution in [3.8, 4) is 5.69 Å². The average Bonchev–Trinajstić information content (AvgIpc) is 3.15. The second-order valence-electron chi connectivity index (χ2n) is 8.84. The highest BCUT2D eigenvalue weighted by Gasteiger charge is 2.27. The molecule has 1 amide bonds. The summed E-state index contributed by atoms with van der Waals surface area (Å²) in [7, 11) is -4.00. The minimum Gasteiger partial charge on any atom is -0.318 e. The third kappa shape index (κ3) is 5.78. The molecule has 0 aliphatic carbocycles. The summed E-state index contributed by atoms with van der Waals surface area (Å²) in [6.07, 6.45) is 4.51. The predicted octanol–water partition coefficient (Wildman–Crippen LogP) is 4.45. The van der Waals surface area contributed by atoms with Gasteiger partial charge in [0.1, 0.15) is 6.54 Å². The van der Waals surface area contributed by atoms with Crippen LogP contribution in [0.25, 0.3) is 5.69 Å². The molecule has 2 aromatic carbocycles. The van der Waals surface area contributed by atoms with Crippen molar-refractivity contribution in [2.75, 3.05) is 10.8 Å². The number of aryl methyl sites for hydroxylation is 3. The minimum atomic E-state index is -4.00. The van der Waals surface area contributed by atoms with Gasteiger partial charge < -0.3 is 4.57 Å². The number of hydrazone groups is 1. The van der Waals surface area contributed by atoms with Gasteiger partial charge >= 0.3 is 0 Å². The largest absolute Gasteiger partial charge is 0.318 e. The fraction of sp³-hybridized carbons (Fsp3) is 0.179. The highest BCUT2D eigenvalue weighted by Crippen LogP contribution is 2.23.